The summed E-state index contributed by atoms with van der Waals surface area (Å²) in [7, 11) is 0. The van der Waals surface area contributed by atoms with Crippen LogP contribution in [0.4, 0.5) is 4.79 Å². The highest BCUT2D eigenvalue weighted by atomic mass is 16.6. The van der Waals surface area contributed by atoms with E-state index in [0.717, 1.165) is 19.3 Å². The van der Waals surface area contributed by atoms with Crippen molar-refractivity contribution < 1.29 is 19.1 Å². The Morgan fingerprint density at radius 1 is 1.11 bits per heavy atom. The molecule has 0 aliphatic heterocycles. The number of hydrogen-bond acceptors (Lipinski definition) is 4. The van der Waals surface area contributed by atoms with E-state index in [1.807, 2.05) is 13.8 Å². The van der Waals surface area contributed by atoms with Crippen molar-refractivity contribution in [1.29, 1.82) is 0 Å². The fourth-order valence-corrected chi connectivity index (χ4v) is 1.65. The molecule has 0 spiro atoms. The van der Waals surface area contributed by atoms with Gasteiger partial charge in [0.1, 0.15) is 0 Å². The lowest BCUT2D eigenvalue weighted by molar-refractivity contribution is -0.144. The van der Waals surface area contributed by atoms with Crippen LogP contribution in [0, 0.1) is 0 Å². The first-order valence-corrected chi connectivity index (χ1v) is 7.15. The van der Waals surface area contributed by atoms with Crippen LogP contribution in [0.2, 0.25) is 0 Å². The van der Waals surface area contributed by atoms with Crippen molar-refractivity contribution in [2.24, 2.45) is 0 Å². The standard InChI is InChI=1S/C14H27NO4/c1-5-8-9-15(14(17)18-7-3)12(4)11-13(16)19-10-6-2/h12H,5-11H2,1-4H3. The summed E-state index contributed by atoms with van der Waals surface area (Å²) >= 11 is 0. The minimum atomic E-state index is -0.355. The van der Waals surface area contributed by atoms with Crippen molar-refractivity contribution in [3.63, 3.8) is 0 Å². The summed E-state index contributed by atoms with van der Waals surface area (Å²) in [6.45, 7) is 9.01. The number of unbranched alkanes of at least 4 members (excludes halogenated alkanes) is 1. The summed E-state index contributed by atoms with van der Waals surface area (Å²) in [4.78, 5) is 25.0. The zero-order valence-electron chi connectivity index (χ0n) is 12.6. The number of amides is 1. The van der Waals surface area contributed by atoms with Gasteiger partial charge in [0.2, 0.25) is 0 Å². The van der Waals surface area contributed by atoms with Crippen LogP contribution in [0.1, 0.15) is 53.4 Å². The maximum Gasteiger partial charge on any atom is 0.409 e. The van der Waals surface area contributed by atoms with Gasteiger partial charge in [-0.15, -0.1) is 0 Å². The number of hydrogen-bond donors (Lipinski definition) is 0. The summed E-state index contributed by atoms with van der Waals surface area (Å²) in [6, 6.07) is -0.199. The summed E-state index contributed by atoms with van der Waals surface area (Å²) in [5.74, 6) is -0.264. The molecule has 0 saturated carbocycles. The molecule has 0 aromatic carbocycles. The highest BCUT2D eigenvalue weighted by Crippen LogP contribution is 2.09. The number of rotatable bonds is 9. The van der Waals surface area contributed by atoms with E-state index in [4.69, 9.17) is 9.47 Å². The lowest BCUT2D eigenvalue weighted by Gasteiger charge is -2.27. The van der Waals surface area contributed by atoms with Crippen LogP contribution in [0.25, 0.3) is 0 Å². The maximum atomic E-state index is 11.8. The molecule has 5 nitrogen and oxygen atoms in total. The maximum absolute atomic E-state index is 11.8. The largest absolute Gasteiger partial charge is 0.466 e. The van der Waals surface area contributed by atoms with Crippen LogP contribution in [0.5, 0.6) is 0 Å². The van der Waals surface area contributed by atoms with Crippen molar-refractivity contribution in [1.82, 2.24) is 4.90 Å². The quantitative estimate of drug-likeness (QED) is 0.606. The molecule has 0 saturated heterocycles. The smallest absolute Gasteiger partial charge is 0.409 e. The van der Waals surface area contributed by atoms with Crippen LogP contribution in [0.3, 0.4) is 0 Å². The van der Waals surface area contributed by atoms with Crippen LogP contribution >= 0.6 is 0 Å². The number of carbonyl (C=O) groups is 2. The van der Waals surface area contributed by atoms with E-state index in [2.05, 4.69) is 6.92 Å². The summed E-state index contributed by atoms with van der Waals surface area (Å²) in [6.07, 6.45) is 2.54. The third kappa shape index (κ3) is 7.70. The van der Waals surface area contributed by atoms with Gasteiger partial charge >= 0.3 is 12.1 Å². The number of esters is 1. The van der Waals surface area contributed by atoms with Gasteiger partial charge in [-0.05, 0) is 26.7 Å². The van der Waals surface area contributed by atoms with Crippen molar-refractivity contribution in [3.05, 3.63) is 0 Å². The normalized spacial score (nSPS) is 11.8. The second kappa shape index (κ2) is 10.6. The van der Waals surface area contributed by atoms with Gasteiger partial charge in [0.25, 0.3) is 0 Å². The van der Waals surface area contributed by atoms with E-state index in [0.29, 0.717) is 19.8 Å². The average Bonchev–Trinajstić information content (AvgIpc) is 2.37. The fourth-order valence-electron chi connectivity index (χ4n) is 1.65. The molecular weight excluding hydrogens is 246 g/mol. The van der Waals surface area contributed by atoms with Crippen molar-refractivity contribution in [3.8, 4) is 0 Å². The molecule has 0 aromatic rings. The monoisotopic (exact) mass is 273 g/mol. The Kier molecular flexibility index (Phi) is 9.94. The first-order valence-electron chi connectivity index (χ1n) is 7.15. The van der Waals surface area contributed by atoms with E-state index < -0.39 is 0 Å². The minimum absolute atomic E-state index is 0.199. The SMILES string of the molecule is CCCCN(C(=O)OCC)C(C)CC(=O)OCCC. The van der Waals surface area contributed by atoms with Gasteiger partial charge in [0, 0.05) is 12.6 Å². The third-order valence-electron chi connectivity index (χ3n) is 2.72. The van der Waals surface area contributed by atoms with Crippen LogP contribution < -0.4 is 0 Å². The molecule has 0 N–H and O–H groups in total. The summed E-state index contributed by atoms with van der Waals surface area (Å²) in [5, 5.41) is 0. The molecule has 0 rings (SSSR count). The zero-order valence-corrected chi connectivity index (χ0v) is 12.6. The molecule has 112 valence electrons. The second-order valence-corrected chi connectivity index (χ2v) is 4.52. The Balaban J connectivity index is 4.39. The molecule has 1 atom stereocenters. The van der Waals surface area contributed by atoms with E-state index in [-0.39, 0.29) is 24.5 Å². The Morgan fingerprint density at radius 3 is 2.32 bits per heavy atom. The number of nitrogens with zero attached hydrogens (tertiary/aromatic N) is 1. The molecule has 19 heavy (non-hydrogen) atoms. The second-order valence-electron chi connectivity index (χ2n) is 4.52. The van der Waals surface area contributed by atoms with Crippen LogP contribution in [0.15, 0.2) is 0 Å². The fraction of sp³-hybridized carbons (Fsp3) is 0.857. The summed E-state index contributed by atoms with van der Waals surface area (Å²) < 4.78 is 10.1. The minimum Gasteiger partial charge on any atom is -0.466 e. The van der Waals surface area contributed by atoms with Gasteiger partial charge < -0.3 is 14.4 Å². The predicted octanol–water partition coefficient (Wildman–Crippen LogP) is 2.98. The molecule has 1 unspecified atom stereocenters. The van der Waals surface area contributed by atoms with Crippen LogP contribution in [-0.2, 0) is 14.3 Å². The number of carbonyl (C=O) groups excluding carboxylic acids is 2. The van der Waals surface area contributed by atoms with Crippen molar-refractivity contribution >= 4 is 12.1 Å². The Labute approximate surface area is 116 Å². The number of ether oxygens (including phenoxy) is 2. The molecule has 1 amide bonds. The van der Waals surface area contributed by atoms with Crippen molar-refractivity contribution in [2.75, 3.05) is 19.8 Å². The molecule has 5 heteroatoms. The Bertz CT molecular complexity index is 268. The van der Waals surface area contributed by atoms with E-state index >= 15 is 0 Å². The molecule has 0 fully saturated rings. The molecule has 0 aliphatic carbocycles. The van der Waals surface area contributed by atoms with E-state index in [1.165, 1.54) is 0 Å². The molecular formula is C14H27NO4. The predicted molar refractivity (Wildman–Crippen MR) is 74.0 cm³/mol. The molecule has 0 bridgehead atoms. The molecule has 0 radical (unpaired) electrons. The highest BCUT2D eigenvalue weighted by molar-refractivity contribution is 5.72. The first-order chi connectivity index (χ1) is 9.06. The lowest BCUT2D eigenvalue weighted by Crippen LogP contribution is -2.41. The van der Waals surface area contributed by atoms with Gasteiger partial charge in [-0.2, -0.15) is 0 Å². The molecule has 0 aromatic heterocycles. The van der Waals surface area contributed by atoms with Crippen LogP contribution in [-0.4, -0.2) is 42.8 Å². The van der Waals surface area contributed by atoms with Gasteiger partial charge in [-0.1, -0.05) is 20.3 Å². The third-order valence-corrected chi connectivity index (χ3v) is 2.72. The van der Waals surface area contributed by atoms with Gasteiger partial charge in [0.05, 0.1) is 19.6 Å². The van der Waals surface area contributed by atoms with E-state index in [1.54, 1.807) is 11.8 Å². The average molecular weight is 273 g/mol. The molecule has 0 heterocycles. The molecule has 0 aliphatic rings. The zero-order chi connectivity index (χ0) is 14.7. The lowest BCUT2D eigenvalue weighted by atomic mass is 10.2. The topological polar surface area (TPSA) is 55.8 Å². The van der Waals surface area contributed by atoms with Gasteiger partial charge in [-0.3, -0.25) is 4.79 Å². The Hall–Kier alpha value is -1.26. The van der Waals surface area contributed by atoms with E-state index in [9.17, 15) is 9.59 Å². The van der Waals surface area contributed by atoms with Gasteiger partial charge in [0.15, 0.2) is 0 Å². The van der Waals surface area contributed by atoms with Crippen molar-refractivity contribution in [2.45, 2.75) is 59.4 Å². The Morgan fingerprint density at radius 2 is 1.79 bits per heavy atom. The first kappa shape index (κ1) is 17.7. The highest BCUT2D eigenvalue weighted by Gasteiger charge is 2.23. The van der Waals surface area contributed by atoms with Gasteiger partial charge in [-0.25, -0.2) is 4.79 Å². The summed E-state index contributed by atoms with van der Waals surface area (Å²) in [5.41, 5.74) is 0.